The fourth-order valence-corrected chi connectivity index (χ4v) is 3.91. The third-order valence-electron chi connectivity index (χ3n) is 4.38. The summed E-state index contributed by atoms with van der Waals surface area (Å²) < 4.78 is 6.19. The Labute approximate surface area is 137 Å². The number of carbonyl (C=O) groups is 1. The summed E-state index contributed by atoms with van der Waals surface area (Å²) in [6, 6.07) is 9.90. The molecule has 0 spiro atoms. The minimum absolute atomic E-state index is 0.0408. The lowest BCUT2D eigenvalue weighted by Gasteiger charge is -2.28. The zero-order chi connectivity index (χ0) is 15.3. The second kappa shape index (κ2) is 5.21. The average molecular weight is 362 g/mol. The average Bonchev–Trinajstić information content (AvgIpc) is 3.16. The molecule has 2 atom stereocenters. The summed E-state index contributed by atoms with van der Waals surface area (Å²) in [6.07, 6.45) is 1.87. The minimum Gasteiger partial charge on any atom is -0.360 e. The molecular formula is C16H16BrN3O2. The van der Waals surface area contributed by atoms with Crippen molar-refractivity contribution in [1.29, 1.82) is 0 Å². The van der Waals surface area contributed by atoms with E-state index >= 15 is 0 Å². The van der Waals surface area contributed by atoms with Crippen molar-refractivity contribution in [2.45, 2.75) is 32.0 Å². The molecule has 2 aliphatic heterocycles. The Morgan fingerprint density at radius 2 is 2.23 bits per heavy atom. The van der Waals surface area contributed by atoms with Crippen molar-refractivity contribution >= 4 is 27.7 Å². The Morgan fingerprint density at radius 1 is 1.36 bits per heavy atom. The van der Waals surface area contributed by atoms with Gasteiger partial charge in [-0.3, -0.25) is 14.6 Å². The first-order valence-corrected chi connectivity index (χ1v) is 8.22. The number of aromatic nitrogens is 1. The van der Waals surface area contributed by atoms with Gasteiger partial charge in [0.2, 0.25) is 5.91 Å². The van der Waals surface area contributed by atoms with Gasteiger partial charge in [-0.05, 0) is 37.5 Å². The fraction of sp³-hybridized carbons (Fsp3) is 0.375. The normalized spacial score (nSPS) is 25.0. The van der Waals surface area contributed by atoms with E-state index < -0.39 is 0 Å². The summed E-state index contributed by atoms with van der Waals surface area (Å²) in [4.78, 5) is 16.9. The molecular weight excluding hydrogens is 346 g/mol. The Hall–Kier alpha value is -1.66. The van der Waals surface area contributed by atoms with Crippen LogP contribution >= 0.6 is 15.9 Å². The molecule has 2 unspecified atom stereocenters. The van der Waals surface area contributed by atoms with E-state index in [2.05, 4.69) is 38.1 Å². The SMILES string of the molecule is Cc1cc(N2C(=O)C3CCCN3C2c2cccc(Br)c2)no1. The molecule has 2 aliphatic rings. The Bertz CT molecular complexity index is 730. The number of carbonyl (C=O) groups excluding carboxylic acids is 1. The van der Waals surface area contributed by atoms with Gasteiger partial charge in [-0.25, -0.2) is 0 Å². The van der Waals surface area contributed by atoms with Crippen molar-refractivity contribution < 1.29 is 9.32 Å². The third-order valence-corrected chi connectivity index (χ3v) is 4.88. The maximum Gasteiger partial charge on any atom is 0.247 e. The molecule has 2 fully saturated rings. The molecule has 114 valence electrons. The van der Waals surface area contributed by atoms with Crippen LogP contribution in [-0.4, -0.2) is 28.6 Å². The van der Waals surface area contributed by atoms with Gasteiger partial charge in [-0.1, -0.05) is 33.2 Å². The molecule has 0 aliphatic carbocycles. The zero-order valence-electron chi connectivity index (χ0n) is 12.2. The van der Waals surface area contributed by atoms with Crippen molar-refractivity contribution in [3.8, 4) is 0 Å². The lowest BCUT2D eigenvalue weighted by molar-refractivity contribution is -0.119. The van der Waals surface area contributed by atoms with Crippen LogP contribution in [-0.2, 0) is 4.79 Å². The number of rotatable bonds is 2. The largest absolute Gasteiger partial charge is 0.360 e. The molecule has 0 radical (unpaired) electrons. The number of benzene rings is 1. The number of aryl methyl sites for hydroxylation is 1. The number of anilines is 1. The van der Waals surface area contributed by atoms with E-state index in [1.807, 2.05) is 25.1 Å². The van der Waals surface area contributed by atoms with Crippen molar-refractivity contribution in [2.24, 2.45) is 0 Å². The van der Waals surface area contributed by atoms with Gasteiger partial charge in [0.15, 0.2) is 5.82 Å². The number of nitrogens with zero attached hydrogens (tertiary/aromatic N) is 3. The molecule has 2 saturated heterocycles. The summed E-state index contributed by atoms with van der Waals surface area (Å²) in [5, 5.41) is 4.07. The topological polar surface area (TPSA) is 49.6 Å². The standard InChI is InChI=1S/C16H16BrN3O2/c1-10-8-14(18-22-10)20-15(11-4-2-5-12(17)9-11)19-7-3-6-13(19)16(20)21/h2,4-5,8-9,13,15H,3,6-7H2,1H3. The van der Waals surface area contributed by atoms with E-state index in [1.165, 1.54) is 0 Å². The van der Waals surface area contributed by atoms with E-state index in [4.69, 9.17) is 4.52 Å². The summed E-state index contributed by atoms with van der Waals surface area (Å²) in [7, 11) is 0. The van der Waals surface area contributed by atoms with Crippen molar-refractivity contribution in [2.75, 3.05) is 11.4 Å². The van der Waals surface area contributed by atoms with E-state index in [0.717, 1.165) is 29.4 Å². The number of halogens is 1. The number of fused-ring (bicyclic) bond motifs is 1. The van der Waals surface area contributed by atoms with Crippen LogP contribution in [0.3, 0.4) is 0 Å². The van der Waals surface area contributed by atoms with Gasteiger partial charge in [0.25, 0.3) is 0 Å². The van der Waals surface area contributed by atoms with Gasteiger partial charge < -0.3 is 4.52 Å². The van der Waals surface area contributed by atoms with E-state index in [-0.39, 0.29) is 18.1 Å². The summed E-state index contributed by atoms with van der Waals surface area (Å²) >= 11 is 3.52. The molecule has 3 heterocycles. The van der Waals surface area contributed by atoms with Crippen molar-refractivity contribution in [3.63, 3.8) is 0 Å². The second-order valence-electron chi connectivity index (χ2n) is 5.83. The third kappa shape index (κ3) is 2.09. The monoisotopic (exact) mass is 361 g/mol. The highest BCUT2D eigenvalue weighted by Gasteiger charge is 2.50. The number of hydrogen-bond donors (Lipinski definition) is 0. The summed E-state index contributed by atoms with van der Waals surface area (Å²) in [5.41, 5.74) is 1.09. The first-order valence-electron chi connectivity index (χ1n) is 7.43. The predicted molar refractivity (Wildman–Crippen MR) is 85.3 cm³/mol. The maximum atomic E-state index is 12.9. The predicted octanol–water partition coefficient (Wildman–Crippen LogP) is 3.26. The lowest BCUT2D eigenvalue weighted by atomic mass is 10.1. The molecule has 5 nitrogen and oxygen atoms in total. The molecule has 6 heteroatoms. The highest BCUT2D eigenvalue weighted by molar-refractivity contribution is 9.10. The minimum atomic E-state index is -0.109. The molecule has 0 saturated carbocycles. The molecule has 1 amide bonds. The first-order chi connectivity index (χ1) is 10.6. The van der Waals surface area contributed by atoms with Gasteiger partial charge in [0.05, 0.1) is 6.04 Å². The molecule has 22 heavy (non-hydrogen) atoms. The maximum absolute atomic E-state index is 12.9. The van der Waals surface area contributed by atoms with Crippen molar-refractivity contribution in [1.82, 2.24) is 10.1 Å². The van der Waals surface area contributed by atoms with Crippen molar-refractivity contribution in [3.05, 3.63) is 46.1 Å². The van der Waals surface area contributed by atoms with Crippen LogP contribution in [0, 0.1) is 6.92 Å². The van der Waals surface area contributed by atoms with Gasteiger partial charge in [0.1, 0.15) is 11.9 Å². The second-order valence-corrected chi connectivity index (χ2v) is 6.74. The number of hydrogen-bond acceptors (Lipinski definition) is 4. The van der Waals surface area contributed by atoms with Crippen LogP contribution < -0.4 is 4.90 Å². The van der Waals surface area contributed by atoms with E-state index in [0.29, 0.717) is 11.6 Å². The molecule has 0 bridgehead atoms. The smallest absolute Gasteiger partial charge is 0.247 e. The van der Waals surface area contributed by atoms with Gasteiger partial charge in [-0.15, -0.1) is 0 Å². The van der Waals surface area contributed by atoms with Gasteiger partial charge >= 0.3 is 0 Å². The van der Waals surface area contributed by atoms with Crippen LogP contribution in [0.4, 0.5) is 5.82 Å². The molecule has 2 aromatic rings. The lowest BCUT2D eigenvalue weighted by Crippen LogP contribution is -2.32. The summed E-state index contributed by atoms with van der Waals surface area (Å²) in [5.74, 6) is 1.43. The van der Waals surface area contributed by atoms with E-state index in [9.17, 15) is 4.79 Å². The van der Waals surface area contributed by atoms with Crippen LogP contribution in [0.15, 0.2) is 39.3 Å². The molecule has 0 N–H and O–H groups in total. The summed E-state index contributed by atoms with van der Waals surface area (Å²) in [6.45, 7) is 2.77. The van der Waals surface area contributed by atoms with Gasteiger partial charge in [-0.2, -0.15) is 0 Å². The highest BCUT2D eigenvalue weighted by Crippen LogP contribution is 2.42. The molecule has 1 aromatic heterocycles. The zero-order valence-corrected chi connectivity index (χ0v) is 13.8. The first kappa shape index (κ1) is 14.0. The molecule has 4 rings (SSSR count). The van der Waals surface area contributed by atoms with E-state index in [1.54, 1.807) is 4.90 Å². The fourth-order valence-electron chi connectivity index (χ4n) is 3.49. The molecule has 1 aromatic carbocycles. The van der Waals surface area contributed by atoms with Gasteiger partial charge in [0, 0.05) is 17.1 Å². The highest BCUT2D eigenvalue weighted by atomic mass is 79.9. The number of amides is 1. The van der Waals surface area contributed by atoms with Crippen LogP contribution in [0.1, 0.15) is 30.3 Å². The quantitative estimate of drug-likeness (QED) is 0.823. The van der Waals surface area contributed by atoms with Crippen LogP contribution in [0.5, 0.6) is 0 Å². The van der Waals surface area contributed by atoms with Crippen LogP contribution in [0.25, 0.3) is 0 Å². The van der Waals surface area contributed by atoms with Crippen LogP contribution in [0.2, 0.25) is 0 Å². The Morgan fingerprint density at radius 3 is 2.95 bits per heavy atom. The Balaban J connectivity index is 1.82. The Kier molecular flexibility index (Phi) is 3.31.